The fourth-order valence-corrected chi connectivity index (χ4v) is 4.07. The topological polar surface area (TPSA) is 64.0 Å². The summed E-state index contributed by atoms with van der Waals surface area (Å²) in [5.41, 5.74) is 0.107. The standard InChI is InChI=1S/C18H17F2N3O2S2/c1-2-3-5-21-15(24)10-27-18-22-14-4-6-26-16(14)17(25)23(18)13-8-11(19)7-12(20)9-13/h4,6-9H,2-3,5,10H2,1H3,(H,21,24). The van der Waals surface area contributed by atoms with Gasteiger partial charge in [0, 0.05) is 12.6 Å². The molecule has 2 heterocycles. The normalized spacial score (nSPS) is 11.1. The molecule has 1 aromatic carbocycles. The number of fused-ring (bicyclic) bond motifs is 1. The van der Waals surface area contributed by atoms with Crippen molar-refractivity contribution in [2.24, 2.45) is 0 Å². The predicted molar refractivity (Wildman–Crippen MR) is 104 cm³/mol. The van der Waals surface area contributed by atoms with Gasteiger partial charge in [-0.15, -0.1) is 11.3 Å². The van der Waals surface area contributed by atoms with E-state index in [0.717, 1.165) is 47.4 Å². The highest BCUT2D eigenvalue weighted by molar-refractivity contribution is 7.99. The number of thiophene rings is 1. The van der Waals surface area contributed by atoms with Gasteiger partial charge in [-0.05, 0) is 30.0 Å². The number of nitrogens with zero attached hydrogens (tertiary/aromatic N) is 2. The van der Waals surface area contributed by atoms with Crippen LogP contribution in [0.15, 0.2) is 39.6 Å². The zero-order valence-electron chi connectivity index (χ0n) is 14.5. The van der Waals surface area contributed by atoms with Crippen LogP contribution in [0.2, 0.25) is 0 Å². The highest BCUT2D eigenvalue weighted by atomic mass is 32.2. The average molecular weight is 409 g/mol. The Morgan fingerprint density at radius 1 is 1.30 bits per heavy atom. The lowest BCUT2D eigenvalue weighted by Gasteiger charge is -2.12. The van der Waals surface area contributed by atoms with E-state index in [9.17, 15) is 18.4 Å². The monoisotopic (exact) mass is 409 g/mol. The Bertz CT molecular complexity index is 1010. The number of carbonyl (C=O) groups excluding carboxylic acids is 1. The van der Waals surface area contributed by atoms with E-state index in [2.05, 4.69) is 10.3 Å². The van der Waals surface area contributed by atoms with Gasteiger partial charge in [0.2, 0.25) is 5.91 Å². The molecule has 0 aliphatic heterocycles. The van der Waals surface area contributed by atoms with Crippen molar-refractivity contribution in [3.63, 3.8) is 0 Å². The molecule has 0 radical (unpaired) electrons. The molecule has 2 aromatic heterocycles. The molecule has 3 rings (SSSR count). The first-order valence-corrected chi connectivity index (χ1v) is 10.2. The molecule has 9 heteroatoms. The highest BCUT2D eigenvalue weighted by Crippen LogP contribution is 2.24. The third-order valence-corrected chi connectivity index (χ3v) is 5.57. The second-order valence-electron chi connectivity index (χ2n) is 5.79. The number of nitrogens with one attached hydrogen (secondary N) is 1. The smallest absolute Gasteiger partial charge is 0.276 e. The molecule has 5 nitrogen and oxygen atoms in total. The molecule has 0 spiro atoms. The summed E-state index contributed by atoms with van der Waals surface area (Å²) in [6.07, 6.45) is 1.84. The number of aromatic nitrogens is 2. The number of rotatable bonds is 7. The summed E-state index contributed by atoms with van der Waals surface area (Å²) in [4.78, 5) is 29.3. The van der Waals surface area contributed by atoms with Gasteiger partial charge >= 0.3 is 0 Å². The van der Waals surface area contributed by atoms with Gasteiger partial charge in [0.15, 0.2) is 5.16 Å². The van der Waals surface area contributed by atoms with E-state index >= 15 is 0 Å². The molecule has 1 amide bonds. The number of thioether (sulfide) groups is 1. The second-order valence-corrected chi connectivity index (χ2v) is 7.65. The van der Waals surface area contributed by atoms with Crippen LogP contribution in [0.5, 0.6) is 0 Å². The third kappa shape index (κ3) is 4.54. The molecule has 0 bridgehead atoms. The van der Waals surface area contributed by atoms with Crippen molar-refractivity contribution in [2.75, 3.05) is 12.3 Å². The Kier molecular flexibility index (Phi) is 6.22. The number of hydrogen-bond acceptors (Lipinski definition) is 5. The largest absolute Gasteiger partial charge is 0.355 e. The first-order chi connectivity index (χ1) is 13.0. The maximum atomic E-state index is 13.7. The molecule has 0 saturated heterocycles. The maximum absolute atomic E-state index is 13.7. The van der Waals surface area contributed by atoms with Gasteiger partial charge in [-0.25, -0.2) is 13.8 Å². The zero-order valence-corrected chi connectivity index (χ0v) is 16.1. The van der Waals surface area contributed by atoms with Crippen LogP contribution in [-0.2, 0) is 4.79 Å². The van der Waals surface area contributed by atoms with Gasteiger partial charge in [-0.1, -0.05) is 25.1 Å². The summed E-state index contributed by atoms with van der Waals surface area (Å²) in [6, 6.07) is 4.57. The van der Waals surface area contributed by atoms with Crippen LogP contribution in [-0.4, -0.2) is 27.8 Å². The lowest BCUT2D eigenvalue weighted by molar-refractivity contribution is -0.118. The van der Waals surface area contributed by atoms with Crippen LogP contribution >= 0.6 is 23.1 Å². The van der Waals surface area contributed by atoms with Crippen molar-refractivity contribution in [2.45, 2.75) is 24.9 Å². The van der Waals surface area contributed by atoms with Gasteiger partial charge in [0.05, 0.1) is 17.0 Å². The fourth-order valence-electron chi connectivity index (χ4n) is 2.47. The van der Waals surface area contributed by atoms with Crippen LogP contribution < -0.4 is 10.9 Å². The van der Waals surface area contributed by atoms with Crippen molar-refractivity contribution >= 4 is 39.2 Å². The van der Waals surface area contributed by atoms with E-state index in [1.807, 2.05) is 6.92 Å². The van der Waals surface area contributed by atoms with E-state index in [1.165, 1.54) is 11.3 Å². The van der Waals surface area contributed by atoms with Gasteiger partial charge in [-0.2, -0.15) is 0 Å². The maximum Gasteiger partial charge on any atom is 0.276 e. The Morgan fingerprint density at radius 3 is 2.74 bits per heavy atom. The van der Waals surface area contributed by atoms with Gasteiger partial charge in [0.1, 0.15) is 16.3 Å². The fraction of sp³-hybridized carbons (Fsp3) is 0.278. The summed E-state index contributed by atoms with van der Waals surface area (Å²) >= 11 is 2.26. The average Bonchev–Trinajstić information content (AvgIpc) is 3.08. The molecule has 0 unspecified atom stereocenters. The number of carbonyl (C=O) groups is 1. The van der Waals surface area contributed by atoms with Crippen molar-refractivity contribution in [3.8, 4) is 5.69 Å². The molecule has 0 atom stereocenters. The van der Waals surface area contributed by atoms with Crippen LogP contribution in [0.1, 0.15) is 19.8 Å². The van der Waals surface area contributed by atoms with Gasteiger partial charge in [-0.3, -0.25) is 14.2 Å². The molecule has 0 fully saturated rings. The summed E-state index contributed by atoms with van der Waals surface area (Å²) in [6.45, 7) is 2.60. The van der Waals surface area contributed by atoms with E-state index in [-0.39, 0.29) is 22.5 Å². The Hall–Kier alpha value is -2.26. The molecular weight excluding hydrogens is 392 g/mol. The van der Waals surface area contributed by atoms with Crippen molar-refractivity contribution in [1.82, 2.24) is 14.9 Å². The Labute approximate surface area is 162 Å². The SMILES string of the molecule is CCCCNC(=O)CSc1nc2ccsc2c(=O)n1-c1cc(F)cc(F)c1. The van der Waals surface area contributed by atoms with Crippen LogP contribution in [0.4, 0.5) is 8.78 Å². The van der Waals surface area contributed by atoms with Gasteiger partial charge < -0.3 is 5.32 Å². The third-order valence-electron chi connectivity index (χ3n) is 3.74. The zero-order chi connectivity index (χ0) is 19.4. The van der Waals surface area contributed by atoms with E-state index in [1.54, 1.807) is 11.4 Å². The van der Waals surface area contributed by atoms with E-state index < -0.39 is 17.2 Å². The van der Waals surface area contributed by atoms with Crippen LogP contribution in [0.3, 0.4) is 0 Å². The van der Waals surface area contributed by atoms with E-state index in [4.69, 9.17) is 0 Å². The molecule has 0 aliphatic rings. The first-order valence-electron chi connectivity index (χ1n) is 8.36. The number of hydrogen-bond donors (Lipinski definition) is 1. The minimum absolute atomic E-state index is 0.0363. The predicted octanol–water partition coefficient (Wildman–Crippen LogP) is 3.73. The van der Waals surface area contributed by atoms with Crippen molar-refractivity contribution in [1.29, 1.82) is 0 Å². The van der Waals surface area contributed by atoms with Crippen LogP contribution in [0.25, 0.3) is 15.9 Å². The lowest BCUT2D eigenvalue weighted by Crippen LogP contribution is -2.27. The summed E-state index contributed by atoms with van der Waals surface area (Å²) in [7, 11) is 0. The minimum Gasteiger partial charge on any atom is -0.355 e. The van der Waals surface area contributed by atoms with E-state index in [0.29, 0.717) is 16.8 Å². The summed E-state index contributed by atoms with van der Waals surface area (Å²) < 4.78 is 28.9. The summed E-state index contributed by atoms with van der Waals surface area (Å²) in [5.74, 6) is -1.73. The molecule has 1 N–H and O–H groups in total. The number of unbranched alkanes of at least 4 members (excludes halogenated alkanes) is 1. The quantitative estimate of drug-likeness (QED) is 0.367. The van der Waals surface area contributed by atoms with Crippen LogP contribution in [0, 0.1) is 11.6 Å². The molecule has 0 aliphatic carbocycles. The molecule has 3 aromatic rings. The molecule has 142 valence electrons. The number of benzene rings is 1. The Morgan fingerprint density at radius 2 is 2.04 bits per heavy atom. The second kappa shape index (κ2) is 8.62. The molecular formula is C18H17F2N3O2S2. The van der Waals surface area contributed by atoms with Crippen molar-refractivity contribution < 1.29 is 13.6 Å². The first kappa shape index (κ1) is 19.5. The number of amides is 1. The summed E-state index contributed by atoms with van der Waals surface area (Å²) in [5, 5.41) is 4.72. The Balaban J connectivity index is 1.98. The van der Waals surface area contributed by atoms with Crippen molar-refractivity contribution in [3.05, 3.63) is 51.6 Å². The van der Waals surface area contributed by atoms with Gasteiger partial charge in [0.25, 0.3) is 5.56 Å². The lowest BCUT2D eigenvalue weighted by atomic mass is 10.3. The number of halogens is 2. The molecule has 27 heavy (non-hydrogen) atoms. The molecule has 0 saturated carbocycles. The highest BCUT2D eigenvalue weighted by Gasteiger charge is 2.16. The minimum atomic E-state index is -0.795.